The fourth-order valence-electron chi connectivity index (χ4n) is 1.51. The summed E-state index contributed by atoms with van der Waals surface area (Å²) in [7, 11) is 0. The zero-order chi connectivity index (χ0) is 13.5. The van der Waals surface area contributed by atoms with Crippen molar-refractivity contribution in [2.45, 2.75) is 19.2 Å². The predicted molar refractivity (Wildman–Crippen MR) is 71.6 cm³/mol. The third-order valence-corrected chi connectivity index (χ3v) is 2.86. The highest BCUT2D eigenvalue weighted by Gasteiger charge is 2.14. The predicted octanol–water partition coefficient (Wildman–Crippen LogP) is 3.41. The van der Waals surface area contributed by atoms with Crippen LogP contribution in [0.25, 0.3) is 0 Å². The summed E-state index contributed by atoms with van der Waals surface area (Å²) in [6, 6.07) is 4.79. The number of alkyl halides is 2. The number of carbonyl (C=O) groups excluding carboxylic acids is 2. The summed E-state index contributed by atoms with van der Waals surface area (Å²) in [5.41, 5.74) is 1.49. The average molecular weight is 289 g/mol. The third-order valence-electron chi connectivity index (χ3n) is 2.39. The first-order valence-corrected chi connectivity index (χ1v) is 6.66. The molecule has 0 heterocycles. The van der Waals surface area contributed by atoms with Gasteiger partial charge in [0.15, 0.2) is 5.78 Å². The van der Waals surface area contributed by atoms with E-state index in [0.717, 1.165) is 0 Å². The third kappa shape index (κ3) is 3.72. The molecule has 0 atom stereocenters. The number of benzene rings is 1. The van der Waals surface area contributed by atoms with Crippen LogP contribution in [-0.4, -0.2) is 24.2 Å². The van der Waals surface area contributed by atoms with Gasteiger partial charge in [0.2, 0.25) is 0 Å². The SMILES string of the molecule is CCOC(=O)c1ccc(CCl)c(C(=O)CCCl)c1. The van der Waals surface area contributed by atoms with Gasteiger partial charge in [-0.25, -0.2) is 4.79 Å². The highest BCUT2D eigenvalue weighted by molar-refractivity contribution is 6.20. The van der Waals surface area contributed by atoms with Gasteiger partial charge in [-0.05, 0) is 24.6 Å². The summed E-state index contributed by atoms with van der Waals surface area (Å²) in [4.78, 5) is 23.4. The molecule has 0 amide bonds. The minimum Gasteiger partial charge on any atom is -0.462 e. The largest absolute Gasteiger partial charge is 0.462 e. The summed E-state index contributed by atoms with van der Waals surface area (Å²) in [6.45, 7) is 2.02. The fraction of sp³-hybridized carbons (Fsp3) is 0.385. The van der Waals surface area contributed by atoms with E-state index in [2.05, 4.69) is 0 Å². The van der Waals surface area contributed by atoms with Crippen LogP contribution >= 0.6 is 23.2 Å². The first-order valence-electron chi connectivity index (χ1n) is 5.59. The Morgan fingerprint density at radius 2 is 2.00 bits per heavy atom. The van der Waals surface area contributed by atoms with E-state index in [4.69, 9.17) is 27.9 Å². The summed E-state index contributed by atoms with van der Waals surface area (Å²) >= 11 is 11.3. The average Bonchev–Trinajstić information content (AvgIpc) is 2.38. The van der Waals surface area contributed by atoms with E-state index in [1.807, 2.05) is 0 Å². The maximum Gasteiger partial charge on any atom is 0.338 e. The van der Waals surface area contributed by atoms with Crippen molar-refractivity contribution in [3.05, 3.63) is 34.9 Å². The van der Waals surface area contributed by atoms with Gasteiger partial charge in [-0.15, -0.1) is 23.2 Å². The van der Waals surface area contributed by atoms with Crippen molar-refractivity contribution in [3.63, 3.8) is 0 Å². The Morgan fingerprint density at radius 1 is 1.28 bits per heavy atom. The smallest absolute Gasteiger partial charge is 0.338 e. The number of hydrogen-bond acceptors (Lipinski definition) is 3. The second-order valence-corrected chi connectivity index (χ2v) is 4.23. The molecule has 0 aliphatic rings. The lowest BCUT2D eigenvalue weighted by Crippen LogP contribution is -2.09. The van der Waals surface area contributed by atoms with Gasteiger partial charge in [-0.2, -0.15) is 0 Å². The van der Waals surface area contributed by atoms with Crippen LogP contribution in [0.1, 0.15) is 39.6 Å². The van der Waals surface area contributed by atoms with Crippen molar-refractivity contribution < 1.29 is 14.3 Å². The lowest BCUT2D eigenvalue weighted by atomic mass is 10.00. The zero-order valence-corrected chi connectivity index (χ0v) is 11.6. The van der Waals surface area contributed by atoms with E-state index in [0.29, 0.717) is 23.3 Å². The van der Waals surface area contributed by atoms with E-state index >= 15 is 0 Å². The highest BCUT2D eigenvalue weighted by atomic mass is 35.5. The number of Topliss-reactive ketones (excluding diaryl/α,β-unsaturated/α-hetero) is 1. The minimum absolute atomic E-state index is 0.119. The van der Waals surface area contributed by atoms with Gasteiger partial charge in [0.25, 0.3) is 0 Å². The fourth-order valence-corrected chi connectivity index (χ4v) is 1.92. The molecule has 1 aromatic rings. The van der Waals surface area contributed by atoms with Crippen molar-refractivity contribution in [2.75, 3.05) is 12.5 Å². The van der Waals surface area contributed by atoms with Crippen LogP contribution < -0.4 is 0 Å². The van der Waals surface area contributed by atoms with E-state index < -0.39 is 5.97 Å². The van der Waals surface area contributed by atoms with Gasteiger partial charge in [-0.1, -0.05) is 6.07 Å². The van der Waals surface area contributed by atoms with Crippen molar-refractivity contribution >= 4 is 35.0 Å². The molecule has 0 aromatic heterocycles. The molecule has 0 spiro atoms. The molecule has 5 heteroatoms. The summed E-state index contributed by atoms with van der Waals surface area (Å²) < 4.78 is 4.89. The molecule has 18 heavy (non-hydrogen) atoms. The molecule has 0 bridgehead atoms. The monoisotopic (exact) mass is 288 g/mol. The summed E-state index contributed by atoms with van der Waals surface area (Å²) in [6.07, 6.45) is 0.220. The molecule has 3 nitrogen and oxygen atoms in total. The maximum atomic E-state index is 11.9. The molecule has 0 saturated carbocycles. The number of ketones is 1. The molecule has 0 aliphatic heterocycles. The Bertz CT molecular complexity index is 444. The zero-order valence-electron chi connectivity index (χ0n) is 10.0. The molecule has 0 fully saturated rings. The summed E-state index contributed by atoms with van der Waals surface area (Å²) in [5.74, 6) is -0.109. The molecule has 0 N–H and O–H groups in total. The molecule has 0 saturated heterocycles. The Hall–Kier alpha value is -1.06. The molecule has 1 aromatic carbocycles. The molecule has 1 rings (SSSR count). The van der Waals surface area contributed by atoms with Crippen molar-refractivity contribution in [1.82, 2.24) is 0 Å². The maximum absolute atomic E-state index is 11.9. The topological polar surface area (TPSA) is 43.4 Å². The lowest BCUT2D eigenvalue weighted by Gasteiger charge is -2.08. The van der Waals surface area contributed by atoms with Crippen LogP contribution in [0.2, 0.25) is 0 Å². The molecule has 0 aliphatic carbocycles. The molecule has 0 unspecified atom stereocenters. The van der Waals surface area contributed by atoms with Crippen LogP contribution in [0.3, 0.4) is 0 Å². The van der Waals surface area contributed by atoms with E-state index in [1.165, 1.54) is 6.07 Å². The number of carbonyl (C=O) groups is 2. The van der Waals surface area contributed by atoms with Gasteiger partial charge in [-0.3, -0.25) is 4.79 Å². The standard InChI is InChI=1S/C13H14Cl2O3/c1-2-18-13(17)9-3-4-10(8-15)11(7-9)12(16)5-6-14/h3-4,7H,2,5-6,8H2,1H3. The van der Waals surface area contributed by atoms with Crippen LogP contribution in [0.15, 0.2) is 18.2 Å². The van der Waals surface area contributed by atoms with Gasteiger partial charge in [0.05, 0.1) is 12.2 Å². The Morgan fingerprint density at radius 3 is 2.56 bits per heavy atom. The quantitative estimate of drug-likeness (QED) is 0.458. The Labute approximate surface area is 116 Å². The van der Waals surface area contributed by atoms with Gasteiger partial charge < -0.3 is 4.74 Å². The van der Waals surface area contributed by atoms with Gasteiger partial charge in [0.1, 0.15) is 0 Å². The van der Waals surface area contributed by atoms with Crippen molar-refractivity contribution in [3.8, 4) is 0 Å². The van der Waals surface area contributed by atoms with Crippen LogP contribution in [0.4, 0.5) is 0 Å². The molecule has 98 valence electrons. The van der Waals surface area contributed by atoms with Crippen LogP contribution in [-0.2, 0) is 10.6 Å². The Balaban J connectivity index is 3.09. The second kappa shape index (κ2) is 7.39. The van der Waals surface area contributed by atoms with Gasteiger partial charge in [0, 0.05) is 23.7 Å². The first-order chi connectivity index (χ1) is 8.63. The van der Waals surface area contributed by atoms with Crippen molar-refractivity contribution in [2.24, 2.45) is 0 Å². The molecular formula is C13H14Cl2O3. The molecular weight excluding hydrogens is 275 g/mol. The first kappa shape index (κ1) is 15.0. The van der Waals surface area contributed by atoms with Crippen LogP contribution in [0, 0.1) is 0 Å². The lowest BCUT2D eigenvalue weighted by molar-refractivity contribution is 0.0526. The van der Waals surface area contributed by atoms with E-state index in [1.54, 1.807) is 19.1 Å². The van der Waals surface area contributed by atoms with Crippen molar-refractivity contribution in [1.29, 1.82) is 0 Å². The number of rotatable bonds is 6. The second-order valence-electron chi connectivity index (χ2n) is 3.59. The van der Waals surface area contributed by atoms with Crippen LogP contribution in [0.5, 0.6) is 0 Å². The number of ether oxygens (including phenoxy) is 1. The van der Waals surface area contributed by atoms with Gasteiger partial charge >= 0.3 is 5.97 Å². The normalized spacial score (nSPS) is 10.2. The number of esters is 1. The Kier molecular flexibility index (Phi) is 6.16. The summed E-state index contributed by atoms with van der Waals surface area (Å²) in [5, 5.41) is 0. The number of halogens is 2. The van der Waals surface area contributed by atoms with E-state index in [9.17, 15) is 9.59 Å². The highest BCUT2D eigenvalue weighted by Crippen LogP contribution is 2.17. The molecule has 0 radical (unpaired) electrons. The number of hydrogen-bond donors (Lipinski definition) is 0. The minimum atomic E-state index is -0.446. The van der Waals surface area contributed by atoms with E-state index in [-0.39, 0.29) is 24.0 Å².